The van der Waals surface area contributed by atoms with E-state index in [-0.39, 0.29) is 4.74 Å². The van der Waals surface area contributed by atoms with E-state index in [4.69, 9.17) is 0 Å². The first kappa shape index (κ1) is 18.8. The van der Waals surface area contributed by atoms with Gasteiger partial charge < -0.3 is 10.6 Å². The van der Waals surface area contributed by atoms with E-state index in [0.29, 0.717) is 36.1 Å². The quantitative estimate of drug-likeness (QED) is 0.429. The van der Waals surface area contributed by atoms with Crippen molar-refractivity contribution in [1.82, 2.24) is 19.9 Å². The molecule has 3 aromatic rings. The highest BCUT2D eigenvalue weighted by Crippen LogP contribution is 2.34. The van der Waals surface area contributed by atoms with Crippen LogP contribution in [0.15, 0.2) is 4.79 Å². The third-order valence-corrected chi connectivity index (χ3v) is 6.30. The van der Waals surface area contributed by atoms with Gasteiger partial charge in [-0.15, -0.1) is 11.3 Å². The van der Waals surface area contributed by atoms with Crippen molar-refractivity contribution in [3.05, 3.63) is 20.0 Å². The fourth-order valence-corrected chi connectivity index (χ4v) is 5.28. The van der Waals surface area contributed by atoms with Crippen molar-refractivity contribution in [3.63, 3.8) is 0 Å². The summed E-state index contributed by atoms with van der Waals surface area (Å²) in [4.78, 5) is 32.3. The number of nitrogens with one attached hydrogen (secondary N) is 4. The molecule has 4 N–H and O–H groups in total. The maximum atomic E-state index is 12.7. The molecule has 0 amide bonds. The molecule has 9 nitrogen and oxygen atoms in total. The first-order valence-corrected chi connectivity index (χ1v) is 11.0. The van der Waals surface area contributed by atoms with Gasteiger partial charge in [0.2, 0.25) is 27.7 Å². The molecular weight excluding hydrogens is 396 g/mol. The zero-order valence-corrected chi connectivity index (χ0v) is 17.4. The zero-order chi connectivity index (χ0) is 19.5. The summed E-state index contributed by atoms with van der Waals surface area (Å²) >= 11 is 2.73. The second kappa shape index (κ2) is 8.23. The molecule has 11 heteroatoms. The molecule has 3 aromatic heterocycles. The molecule has 0 saturated carbocycles. The normalized spacial score (nSPS) is 13.2. The van der Waals surface area contributed by atoms with Gasteiger partial charge in [-0.1, -0.05) is 11.3 Å². The van der Waals surface area contributed by atoms with E-state index in [1.54, 1.807) is 11.3 Å². The minimum absolute atomic E-state index is 0.0472. The topological polar surface area (TPSA) is 117 Å². The van der Waals surface area contributed by atoms with Crippen LogP contribution in [0.1, 0.15) is 37.1 Å². The van der Waals surface area contributed by atoms with Crippen molar-refractivity contribution in [2.45, 2.75) is 39.5 Å². The lowest BCUT2D eigenvalue weighted by atomic mass is 9.98. The van der Waals surface area contributed by atoms with Gasteiger partial charge in [-0.3, -0.25) is 15.6 Å². The zero-order valence-electron chi connectivity index (χ0n) is 15.8. The highest BCUT2D eigenvalue weighted by Gasteiger charge is 2.20. The standard InChI is InChI=1S/C17H22N8OS2/c1-3-18-14-21-15(19-4-2)23-16(22-14)24-25-17-20-12-11(13(26)28-17)9-7-5-6-8-10(9)27-12/h3-8H2,1-2H3,(H,20,25)(H3,18,19,21,22,23,24). The van der Waals surface area contributed by atoms with Gasteiger partial charge in [0.15, 0.2) is 0 Å². The number of thiophene rings is 1. The third kappa shape index (κ3) is 3.85. The van der Waals surface area contributed by atoms with E-state index >= 15 is 0 Å². The summed E-state index contributed by atoms with van der Waals surface area (Å²) in [6, 6.07) is 0. The van der Waals surface area contributed by atoms with Crippen LogP contribution in [-0.4, -0.2) is 33.0 Å². The molecule has 0 radical (unpaired) electrons. The molecule has 0 aromatic carbocycles. The van der Waals surface area contributed by atoms with Crippen molar-refractivity contribution in [3.8, 4) is 0 Å². The molecule has 0 bridgehead atoms. The van der Waals surface area contributed by atoms with E-state index < -0.39 is 0 Å². The van der Waals surface area contributed by atoms with E-state index in [2.05, 4.69) is 41.4 Å². The highest BCUT2D eigenvalue weighted by molar-refractivity contribution is 7.20. The maximum Gasteiger partial charge on any atom is 0.248 e. The van der Waals surface area contributed by atoms with E-state index in [1.807, 2.05) is 13.8 Å². The van der Waals surface area contributed by atoms with Gasteiger partial charge in [0, 0.05) is 18.0 Å². The van der Waals surface area contributed by atoms with Crippen molar-refractivity contribution >= 4 is 55.9 Å². The predicted octanol–water partition coefficient (Wildman–Crippen LogP) is 3.08. The van der Waals surface area contributed by atoms with Crippen molar-refractivity contribution in [1.29, 1.82) is 0 Å². The Morgan fingerprint density at radius 3 is 2.25 bits per heavy atom. The molecule has 0 saturated heterocycles. The van der Waals surface area contributed by atoms with Crippen molar-refractivity contribution < 1.29 is 0 Å². The first-order valence-electron chi connectivity index (χ1n) is 9.39. The van der Waals surface area contributed by atoms with Crippen LogP contribution in [-0.2, 0) is 12.8 Å². The molecule has 1 aliphatic carbocycles. The fraction of sp³-hybridized carbons (Fsp3) is 0.471. The number of rotatable bonds is 7. The van der Waals surface area contributed by atoms with Crippen LogP contribution in [0.5, 0.6) is 0 Å². The summed E-state index contributed by atoms with van der Waals surface area (Å²) in [5.74, 6) is 1.29. The van der Waals surface area contributed by atoms with Gasteiger partial charge in [-0.25, -0.2) is 4.98 Å². The van der Waals surface area contributed by atoms with E-state index in [0.717, 1.165) is 40.8 Å². The van der Waals surface area contributed by atoms with Gasteiger partial charge >= 0.3 is 0 Å². The molecule has 4 rings (SSSR count). The summed E-state index contributed by atoms with van der Waals surface area (Å²) in [5, 5.41) is 7.45. The van der Waals surface area contributed by atoms with Gasteiger partial charge in [0.1, 0.15) is 4.83 Å². The van der Waals surface area contributed by atoms with Crippen LogP contribution in [0.4, 0.5) is 23.0 Å². The Labute approximate surface area is 170 Å². The molecule has 0 aliphatic heterocycles. The molecular formula is C17H22N8OS2. The molecule has 148 valence electrons. The lowest BCUT2D eigenvalue weighted by Gasteiger charge is -2.11. The lowest BCUT2D eigenvalue weighted by Crippen LogP contribution is -2.16. The summed E-state index contributed by atoms with van der Waals surface area (Å²) in [6.45, 7) is 5.34. The average Bonchev–Trinajstić information content (AvgIpc) is 3.06. The van der Waals surface area contributed by atoms with Crippen molar-refractivity contribution in [2.75, 3.05) is 34.6 Å². The molecule has 3 heterocycles. The van der Waals surface area contributed by atoms with E-state index in [9.17, 15) is 4.79 Å². The minimum Gasteiger partial charge on any atom is -0.354 e. The number of aryl methyl sites for hydroxylation is 2. The molecule has 1 aliphatic rings. The summed E-state index contributed by atoms with van der Waals surface area (Å²) in [6.07, 6.45) is 4.36. The number of aromatic nitrogens is 4. The van der Waals surface area contributed by atoms with Crippen molar-refractivity contribution in [2.24, 2.45) is 0 Å². The second-order valence-corrected chi connectivity index (χ2v) is 8.36. The SMILES string of the molecule is CCNc1nc(NCC)nc(NNc2nc3sc4c(c3c(=O)s2)CCCC4)n1. The summed E-state index contributed by atoms with van der Waals surface area (Å²) in [5.41, 5.74) is 7.11. The third-order valence-electron chi connectivity index (χ3n) is 4.34. The van der Waals surface area contributed by atoms with Crippen LogP contribution in [0, 0.1) is 0 Å². The molecule has 28 heavy (non-hydrogen) atoms. The Kier molecular flexibility index (Phi) is 5.53. The number of hydrazine groups is 1. The maximum absolute atomic E-state index is 12.7. The number of hydrogen-bond donors (Lipinski definition) is 4. The summed E-state index contributed by atoms with van der Waals surface area (Å²) < 4.78 is 0.0472. The Morgan fingerprint density at radius 1 is 0.857 bits per heavy atom. The number of anilines is 4. The number of nitrogens with zero attached hydrogens (tertiary/aromatic N) is 4. The van der Waals surface area contributed by atoms with Gasteiger partial charge in [0.05, 0.1) is 5.39 Å². The molecule has 0 unspecified atom stereocenters. The number of hydrogen-bond acceptors (Lipinski definition) is 11. The van der Waals surface area contributed by atoms with Gasteiger partial charge in [-0.2, -0.15) is 15.0 Å². The Balaban J connectivity index is 1.58. The Morgan fingerprint density at radius 2 is 1.54 bits per heavy atom. The molecule has 0 atom stereocenters. The van der Waals surface area contributed by atoms with Gasteiger partial charge in [0.25, 0.3) is 0 Å². The van der Waals surface area contributed by atoms with Crippen LogP contribution >= 0.6 is 22.7 Å². The highest BCUT2D eigenvalue weighted by atomic mass is 32.1. The van der Waals surface area contributed by atoms with Crippen LogP contribution in [0.3, 0.4) is 0 Å². The average molecular weight is 419 g/mol. The minimum atomic E-state index is 0.0472. The molecule has 0 spiro atoms. The second-order valence-electron chi connectivity index (χ2n) is 6.31. The predicted molar refractivity (Wildman–Crippen MR) is 116 cm³/mol. The smallest absolute Gasteiger partial charge is 0.248 e. The Bertz CT molecular complexity index is 1020. The lowest BCUT2D eigenvalue weighted by molar-refractivity contribution is 0.700. The monoisotopic (exact) mass is 418 g/mol. The molecule has 0 fully saturated rings. The van der Waals surface area contributed by atoms with Crippen LogP contribution in [0.2, 0.25) is 0 Å². The van der Waals surface area contributed by atoms with Crippen LogP contribution < -0.4 is 26.2 Å². The number of fused-ring (bicyclic) bond motifs is 3. The fourth-order valence-electron chi connectivity index (χ4n) is 3.16. The first-order chi connectivity index (χ1) is 13.7. The van der Waals surface area contributed by atoms with Crippen LogP contribution in [0.25, 0.3) is 10.2 Å². The Hall–Kier alpha value is -2.53. The van der Waals surface area contributed by atoms with Gasteiger partial charge in [-0.05, 0) is 45.1 Å². The largest absolute Gasteiger partial charge is 0.354 e. The summed E-state index contributed by atoms with van der Waals surface area (Å²) in [7, 11) is 0. The van der Waals surface area contributed by atoms with E-state index in [1.165, 1.54) is 16.9 Å².